The lowest BCUT2D eigenvalue weighted by molar-refractivity contribution is 0.300. The number of rotatable bonds is 4. The minimum Gasteiger partial charge on any atom is -0.310 e. The summed E-state index contributed by atoms with van der Waals surface area (Å²) in [6.07, 6.45) is 5.23. The lowest BCUT2D eigenvalue weighted by Crippen LogP contribution is -2.31. The molecule has 1 fully saturated rings. The fourth-order valence-electron chi connectivity index (χ4n) is 2.76. The Balaban J connectivity index is 1.99. The van der Waals surface area contributed by atoms with Crippen LogP contribution in [0, 0.1) is 11.2 Å². The van der Waals surface area contributed by atoms with Crippen LogP contribution in [0.5, 0.6) is 0 Å². The summed E-state index contributed by atoms with van der Waals surface area (Å²) in [6.45, 7) is 5.33. The van der Waals surface area contributed by atoms with E-state index in [1.54, 1.807) is 6.07 Å². The molecule has 1 aliphatic carbocycles. The molecule has 1 aromatic carbocycles. The van der Waals surface area contributed by atoms with E-state index in [-0.39, 0.29) is 11.9 Å². The van der Waals surface area contributed by atoms with E-state index >= 15 is 0 Å². The minimum atomic E-state index is -0.130. The van der Waals surface area contributed by atoms with Crippen LogP contribution in [0.3, 0.4) is 0 Å². The Labute approximate surface area is 117 Å². The molecule has 1 saturated carbocycles. The fraction of sp³-hybridized carbons (Fsp3) is 0.600. The predicted molar refractivity (Wildman–Crippen MR) is 77.1 cm³/mol. The first kappa shape index (κ1) is 14.0. The highest BCUT2D eigenvalue weighted by Crippen LogP contribution is 2.37. The van der Waals surface area contributed by atoms with Gasteiger partial charge in [0.1, 0.15) is 5.82 Å². The molecular formula is C15H21BrFN. The van der Waals surface area contributed by atoms with E-state index in [0.29, 0.717) is 5.41 Å². The molecule has 3 heteroatoms. The summed E-state index contributed by atoms with van der Waals surface area (Å²) in [5, 5.41) is 3.49. The molecule has 0 heterocycles. The Kier molecular flexibility index (Phi) is 4.44. The van der Waals surface area contributed by atoms with Gasteiger partial charge >= 0.3 is 0 Å². The van der Waals surface area contributed by atoms with Crippen molar-refractivity contribution in [2.24, 2.45) is 5.41 Å². The number of nitrogens with one attached hydrogen (secondary N) is 1. The molecule has 2 rings (SSSR count). The number of hydrogen-bond donors (Lipinski definition) is 1. The topological polar surface area (TPSA) is 12.0 Å². The second kappa shape index (κ2) is 5.70. The third-order valence-electron chi connectivity index (χ3n) is 4.07. The maximum atomic E-state index is 13.8. The molecule has 1 nitrogen and oxygen atoms in total. The zero-order valence-electron chi connectivity index (χ0n) is 11.1. The van der Waals surface area contributed by atoms with Crippen molar-refractivity contribution in [3.05, 3.63) is 34.1 Å². The van der Waals surface area contributed by atoms with E-state index in [1.807, 2.05) is 13.0 Å². The predicted octanol–water partition coefficient (Wildman–Crippen LogP) is 4.82. The van der Waals surface area contributed by atoms with Crippen molar-refractivity contribution in [3.8, 4) is 0 Å². The molecule has 0 bridgehead atoms. The van der Waals surface area contributed by atoms with Crippen molar-refractivity contribution in [1.29, 1.82) is 0 Å². The molecule has 100 valence electrons. The average molecular weight is 314 g/mol. The van der Waals surface area contributed by atoms with Gasteiger partial charge in [0, 0.05) is 22.6 Å². The average Bonchev–Trinajstić information content (AvgIpc) is 2.77. The monoisotopic (exact) mass is 313 g/mol. The van der Waals surface area contributed by atoms with E-state index in [2.05, 4.69) is 28.2 Å². The molecule has 1 N–H and O–H groups in total. The highest BCUT2D eigenvalue weighted by Gasteiger charge is 2.28. The van der Waals surface area contributed by atoms with Gasteiger partial charge in [0.05, 0.1) is 0 Å². The van der Waals surface area contributed by atoms with Crippen molar-refractivity contribution >= 4 is 15.9 Å². The van der Waals surface area contributed by atoms with Gasteiger partial charge < -0.3 is 5.32 Å². The Morgan fingerprint density at radius 2 is 2.06 bits per heavy atom. The molecule has 1 unspecified atom stereocenters. The van der Waals surface area contributed by atoms with Crippen molar-refractivity contribution in [2.75, 3.05) is 6.54 Å². The van der Waals surface area contributed by atoms with Crippen LogP contribution in [0.1, 0.15) is 51.1 Å². The molecule has 1 aliphatic rings. The van der Waals surface area contributed by atoms with Gasteiger partial charge in [0.25, 0.3) is 0 Å². The van der Waals surface area contributed by atoms with E-state index in [0.717, 1.165) is 16.6 Å². The summed E-state index contributed by atoms with van der Waals surface area (Å²) in [5.41, 5.74) is 1.14. The van der Waals surface area contributed by atoms with Gasteiger partial charge in [-0.15, -0.1) is 0 Å². The van der Waals surface area contributed by atoms with E-state index in [1.165, 1.54) is 31.7 Å². The van der Waals surface area contributed by atoms with Crippen LogP contribution in [0.4, 0.5) is 4.39 Å². The molecule has 1 atom stereocenters. The first-order valence-electron chi connectivity index (χ1n) is 6.68. The molecule has 1 aromatic rings. The Bertz CT molecular complexity index is 413. The Morgan fingerprint density at radius 3 is 2.72 bits per heavy atom. The number of benzene rings is 1. The lowest BCUT2D eigenvalue weighted by atomic mass is 9.88. The largest absolute Gasteiger partial charge is 0.310 e. The van der Waals surface area contributed by atoms with Gasteiger partial charge in [-0.25, -0.2) is 4.39 Å². The van der Waals surface area contributed by atoms with Crippen LogP contribution in [0.25, 0.3) is 0 Å². The standard InChI is InChI=1S/C15H21BrFN/c1-11(13-9-12(16)5-6-14(13)17)18-10-15(2)7-3-4-8-15/h5-6,9,11,18H,3-4,7-8,10H2,1-2H3. The summed E-state index contributed by atoms with van der Waals surface area (Å²) >= 11 is 3.40. The van der Waals surface area contributed by atoms with Crippen LogP contribution < -0.4 is 5.32 Å². The van der Waals surface area contributed by atoms with E-state index < -0.39 is 0 Å². The highest BCUT2D eigenvalue weighted by atomic mass is 79.9. The molecule has 0 saturated heterocycles. The SMILES string of the molecule is CC(NCC1(C)CCCC1)c1cc(Br)ccc1F. The highest BCUT2D eigenvalue weighted by molar-refractivity contribution is 9.10. The summed E-state index contributed by atoms with van der Waals surface area (Å²) in [5.74, 6) is -0.130. The van der Waals surface area contributed by atoms with Crippen LogP contribution in [-0.4, -0.2) is 6.54 Å². The van der Waals surface area contributed by atoms with Crippen molar-refractivity contribution in [3.63, 3.8) is 0 Å². The quantitative estimate of drug-likeness (QED) is 0.840. The maximum Gasteiger partial charge on any atom is 0.128 e. The Morgan fingerprint density at radius 1 is 1.39 bits per heavy atom. The van der Waals surface area contributed by atoms with Gasteiger partial charge in [-0.1, -0.05) is 35.7 Å². The number of halogens is 2. The summed E-state index contributed by atoms with van der Waals surface area (Å²) in [4.78, 5) is 0. The number of hydrogen-bond acceptors (Lipinski definition) is 1. The lowest BCUT2D eigenvalue weighted by Gasteiger charge is -2.26. The van der Waals surface area contributed by atoms with Crippen LogP contribution in [0.15, 0.2) is 22.7 Å². The van der Waals surface area contributed by atoms with Gasteiger partial charge in [-0.2, -0.15) is 0 Å². The Hall–Kier alpha value is -0.410. The van der Waals surface area contributed by atoms with Crippen LogP contribution >= 0.6 is 15.9 Å². The molecule has 0 aromatic heterocycles. The normalized spacial score (nSPS) is 20.0. The zero-order chi connectivity index (χ0) is 13.2. The van der Waals surface area contributed by atoms with E-state index in [9.17, 15) is 4.39 Å². The smallest absolute Gasteiger partial charge is 0.128 e. The summed E-state index contributed by atoms with van der Waals surface area (Å²) in [6, 6.07) is 5.18. The first-order chi connectivity index (χ1) is 8.50. The van der Waals surface area contributed by atoms with Gasteiger partial charge in [-0.3, -0.25) is 0 Å². The second-order valence-corrected chi connectivity index (χ2v) is 6.70. The van der Waals surface area contributed by atoms with Gasteiger partial charge in [0.2, 0.25) is 0 Å². The molecule has 0 radical (unpaired) electrons. The van der Waals surface area contributed by atoms with Crippen molar-refractivity contribution < 1.29 is 4.39 Å². The molecular weight excluding hydrogens is 293 g/mol. The maximum absolute atomic E-state index is 13.8. The van der Waals surface area contributed by atoms with Gasteiger partial charge in [-0.05, 0) is 43.4 Å². The summed E-state index contributed by atoms with van der Waals surface area (Å²) < 4.78 is 14.7. The van der Waals surface area contributed by atoms with Crippen LogP contribution in [-0.2, 0) is 0 Å². The molecule has 18 heavy (non-hydrogen) atoms. The van der Waals surface area contributed by atoms with Gasteiger partial charge in [0.15, 0.2) is 0 Å². The van der Waals surface area contributed by atoms with Crippen molar-refractivity contribution in [1.82, 2.24) is 5.32 Å². The minimum absolute atomic E-state index is 0.0555. The second-order valence-electron chi connectivity index (χ2n) is 5.79. The molecule has 0 amide bonds. The molecule has 0 spiro atoms. The third kappa shape index (κ3) is 3.33. The fourth-order valence-corrected chi connectivity index (χ4v) is 3.14. The van der Waals surface area contributed by atoms with Crippen LogP contribution in [0.2, 0.25) is 0 Å². The third-order valence-corrected chi connectivity index (χ3v) is 4.56. The summed E-state index contributed by atoms with van der Waals surface area (Å²) in [7, 11) is 0. The zero-order valence-corrected chi connectivity index (χ0v) is 12.7. The van der Waals surface area contributed by atoms with E-state index in [4.69, 9.17) is 0 Å². The first-order valence-corrected chi connectivity index (χ1v) is 7.48. The van der Waals surface area contributed by atoms with Crippen molar-refractivity contribution in [2.45, 2.75) is 45.6 Å². The molecule has 0 aliphatic heterocycles.